The first kappa shape index (κ1) is 49.3. The van der Waals surface area contributed by atoms with Crippen molar-refractivity contribution in [2.24, 2.45) is 5.41 Å². The Morgan fingerprint density at radius 1 is 0.400 bits per heavy atom. The Labute approximate surface area is 469 Å². The molecule has 10 aromatic carbocycles. The van der Waals surface area contributed by atoms with Gasteiger partial charge in [-0.25, -0.2) is 0 Å². The molecule has 2 aliphatic heterocycles. The van der Waals surface area contributed by atoms with Gasteiger partial charge in [-0.2, -0.15) is 0 Å². The van der Waals surface area contributed by atoms with Crippen LogP contribution >= 0.6 is 0 Å². The summed E-state index contributed by atoms with van der Waals surface area (Å²) in [6.45, 7) is 18.6. The maximum atomic E-state index is 6.75. The fourth-order valence-corrected chi connectivity index (χ4v) is 14.0. The number of benzene rings is 10. The number of rotatable bonds is 11. The Kier molecular flexibility index (Phi) is 11.8. The molecule has 12 aromatic rings. The molecule has 14 rings (SSSR count). The smallest absolute Gasteiger partial charge is 0.143 e. The van der Waals surface area contributed by atoms with E-state index in [0.29, 0.717) is 0 Å². The van der Waals surface area contributed by atoms with Gasteiger partial charge in [0.05, 0.1) is 22.7 Å². The summed E-state index contributed by atoms with van der Waals surface area (Å²) in [5.74, 6) is 0. The topological polar surface area (TPSA) is 39.2 Å². The minimum atomic E-state index is -0.389. The molecular weight excluding hydrogens is 977 g/mol. The van der Waals surface area contributed by atoms with Crippen LogP contribution in [-0.2, 0) is 0 Å². The lowest BCUT2D eigenvalue weighted by Gasteiger charge is -2.49. The molecule has 2 aromatic heterocycles. The van der Waals surface area contributed by atoms with Crippen LogP contribution in [0.15, 0.2) is 215 Å². The van der Waals surface area contributed by atoms with E-state index in [-0.39, 0.29) is 17.7 Å². The van der Waals surface area contributed by atoms with Crippen LogP contribution in [-0.4, -0.2) is 12.3 Å². The zero-order chi connectivity index (χ0) is 54.6. The third-order valence-corrected chi connectivity index (χ3v) is 17.5. The molecule has 0 aliphatic carbocycles. The van der Waals surface area contributed by atoms with Crippen LogP contribution in [0.25, 0.3) is 66.1 Å². The molecule has 6 heteroatoms. The molecule has 0 radical (unpaired) electrons. The lowest BCUT2D eigenvalue weighted by Crippen LogP contribution is -2.54. The minimum absolute atomic E-state index is 0.147. The number of nitrogens with zero attached hydrogens (tertiary/aromatic N) is 4. The number of fused-ring (bicyclic) bond motifs is 8. The summed E-state index contributed by atoms with van der Waals surface area (Å²) in [6.07, 6.45) is 2.44. The van der Waals surface area contributed by atoms with Crippen molar-refractivity contribution in [3.05, 3.63) is 240 Å². The van der Waals surface area contributed by atoms with Gasteiger partial charge in [-0.1, -0.05) is 154 Å². The maximum Gasteiger partial charge on any atom is 0.143 e. The van der Waals surface area contributed by atoms with Crippen LogP contribution in [0.2, 0.25) is 0 Å². The SMILES string of the molecule is CCCC(C)(CC1N(c2ccccc2)c2cc(-c3cccc4c3oc3ccccc34)ccc2N1c1cc(C)cc(C)c1C)C1N(c2cc(C)cc(C)c2)c2ccc(-c3cccc4c3oc3ccccc34)cc2N1c1ccccc1C. The number of para-hydroxylation sites is 6. The monoisotopic (exact) mass is 1040 g/mol. The number of hydrogen-bond donors (Lipinski definition) is 0. The van der Waals surface area contributed by atoms with Gasteiger partial charge in [0.25, 0.3) is 0 Å². The first-order valence-electron chi connectivity index (χ1n) is 28.5. The van der Waals surface area contributed by atoms with Gasteiger partial charge in [-0.15, -0.1) is 0 Å². The van der Waals surface area contributed by atoms with Crippen LogP contribution in [0.1, 0.15) is 66.5 Å². The molecule has 80 heavy (non-hydrogen) atoms. The van der Waals surface area contributed by atoms with Crippen LogP contribution in [0.3, 0.4) is 0 Å². The third kappa shape index (κ3) is 7.90. The van der Waals surface area contributed by atoms with Gasteiger partial charge in [0.15, 0.2) is 0 Å². The minimum Gasteiger partial charge on any atom is -0.455 e. The van der Waals surface area contributed by atoms with Gasteiger partial charge in [0, 0.05) is 60.8 Å². The molecular formula is C74H66N4O2. The van der Waals surface area contributed by atoms with Crippen molar-refractivity contribution < 1.29 is 8.83 Å². The normalized spacial score (nSPS) is 15.9. The molecule has 0 saturated carbocycles. The van der Waals surface area contributed by atoms with Gasteiger partial charge < -0.3 is 28.4 Å². The van der Waals surface area contributed by atoms with E-state index in [1.165, 1.54) is 73.2 Å². The Morgan fingerprint density at radius 2 is 0.938 bits per heavy atom. The molecule has 3 unspecified atom stereocenters. The van der Waals surface area contributed by atoms with E-state index in [4.69, 9.17) is 8.83 Å². The van der Waals surface area contributed by atoms with Crippen molar-refractivity contribution >= 4 is 89.4 Å². The first-order valence-corrected chi connectivity index (χ1v) is 28.5. The van der Waals surface area contributed by atoms with Crippen molar-refractivity contribution in [3.63, 3.8) is 0 Å². The zero-order valence-corrected chi connectivity index (χ0v) is 47.0. The molecule has 2 aliphatic rings. The van der Waals surface area contributed by atoms with Crippen molar-refractivity contribution in [1.29, 1.82) is 0 Å². The highest BCUT2D eigenvalue weighted by atomic mass is 16.3. The molecule has 0 saturated heterocycles. The average Bonchev–Trinajstić information content (AvgIpc) is 4.31. The summed E-state index contributed by atoms with van der Waals surface area (Å²) in [5.41, 5.74) is 24.7. The van der Waals surface area contributed by atoms with E-state index in [1.54, 1.807) is 0 Å². The van der Waals surface area contributed by atoms with Gasteiger partial charge in [-0.3, -0.25) is 0 Å². The van der Waals surface area contributed by atoms with E-state index in [9.17, 15) is 0 Å². The summed E-state index contributed by atoms with van der Waals surface area (Å²) in [7, 11) is 0. The zero-order valence-electron chi connectivity index (χ0n) is 47.0. The second kappa shape index (κ2) is 19.1. The molecule has 3 atom stereocenters. The molecule has 0 amide bonds. The van der Waals surface area contributed by atoms with Crippen LogP contribution in [0.4, 0.5) is 45.5 Å². The highest BCUT2D eigenvalue weighted by molar-refractivity contribution is 6.11. The molecule has 0 bridgehead atoms. The first-order chi connectivity index (χ1) is 39.0. The number of hydrogen-bond acceptors (Lipinski definition) is 6. The standard InChI is InChI=1S/C74H66N4O2/c1-9-37-74(8,73-76(55-40-46(2)38-47(3)41-55)63-35-33-53(44-67(63)78(73)62-30-16-13-21-49(62)5)57-27-20-29-61-59-25-15-18-32-69(59)80-72(57)61)45-70-75(54-22-11-10-12-23-54)66-43-52(34-36-64(66)77(70)65-42-48(4)39-50(6)51(65)7)56-26-19-28-60-58-24-14-17-31-68(58)79-71(56)60/h10-36,38-44,70,73H,9,37,45H2,1-8H3. The summed E-state index contributed by atoms with van der Waals surface area (Å²) in [4.78, 5) is 10.8. The number of furan rings is 2. The molecule has 4 heterocycles. The molecule has 0 fully saturated rings. The lowest BCUT2D eigenvalue weighted by molar-refractivity contribution is 0.202. The Bertz CT molecular complexity index is 4380. The van der Waals surface area contributed by atoms with Crippen molar-refractivity contribution in [2.75, 3.05) is 19.6 Å². The van der Waals surface area contributed by atoms with Gasteiger partial charge in [0.1, 0.15) is 34.7 Å². The third-order valence-electron chi connectivity index (χ3n) is 17.5. The van der Waals surface area contributed by atoms with Crippen LogP contribution in [0, 0.1) is 47.0 Å². The number of aryl methyl sites for hydroxylation is 5. The maximum absolute atomic E-state index is 6.75. The second-order valence-corrected chi connectivity index (χ2v) is 23.1. The molecule has 394 valence electrons. The quantitative estimate of drug-likeness (QED) is 0.129. The fraction of sp³-hybridized carbons (Fsp3) is 0.189. The average molecular weight is 1040 g/mol. The highest BCUT2D eigenvalue weighted by Crippen LogP contribution is 2.59. The Balaban J connectivity index is 1.00. The predicted octanol–water partition coefficient (Wildman–Crippen LogP) is 20.8. The van der Waals surface area contributed by atoms with E-state index in [1.807, 2.05) is 0 Å². The summed E-state index contributed by atoms with van der Waals surface area (Å²) >= 11 is 0. The van der Waals surface area contributed by atoms with Crippen LogP contribution in [0.5, 0.6) is 0 Å². The van der Waals surface area contributed by atoms with Gasteiger partial charge in [-0.05, 0) is 172 Å². The Hall–Kier alpha value is -9.00. The fourth-order valence-electron chi connectivity index (χ4n) is 14.0. The second-order valence-electron chi connectivity index (χ2n) is 23.1. The highest BCUT2D eigenvalue weighted by Gasteiger charge is 2.52. The van der Waals surface area contributed by atoms with Crippen molar-refractivity contribution in [2.45, 2.75) is 87.0 Å². The van der Waals surface area contributed by atoms with Crippen molar-refractivity contribution in [3.8, 4) is 22.3 Å². The van der Waals surface area contributed by atoms with E-state index < -0.39 is 0 Å². The van der Waals surface area contributed by atoms with E-state index in [0.717, 1.165) is 91.1 Å². The largest absolute Gasteiger partial charge is 0.455 e. The Morgan fingerprint density at radius 3 is 1.55 bits per heavy atom. The summed E-state index contributed by atoms with van der Waals surface area (Å²) < 4.78 is 13.5. The van der Waals surface area contributed by atoms with Gasteiger partial charge >= 0.3 is 0 Å². The van der Waals surface area contributed by atoms with Crippen molar-refractivity contribution in [1.82, 2.24) is 0 Å². The molecule has 0 N–H and O–H groups in total. The summed E-state index contributed by atoms with van der Waals surface area (Å²) in [6, 6.07) is 76.3. The molecule has 0 spiro atoms. The predicted molar refractivity (Wildman–Crippen MR) is 336 cm³/mol. The lowest BCUT2D eigenvalue weighted by atomic mass is 9.76. The molecule has 6 nitrogen and oxygen atoms in total. The summed E-state index contributed by atoms with van der Waals surface area (Å²) in [5, 5.41) is 4.52. The van der Waals surface area contributed by atoms with Crippen LogP contribution < -0.4 is 19.6 Å². The van der Waals surface area contributed by atoms with Gasteiger partial charge in [0.2, 0.25) is 0 Å². The van der Waals surface area contributed by atoms with E-state index >= 15 is 0 Å². The van der Waals surface area contributed by atoms with E-state index in [2.05, 4.69) is 281 Å². The number of anilines is 8.